The summed E-state index contributed by atoms with van der Waals surface area (Å²) in [7, 11) is -3.65. The molecule has 0 fully saturated rings. The zero-order chi connectivity index (χ0) is 16.5. The number of aryl methyl sites for hydroxylation is 2. The normalized spacial score (nSPS) is 11.3. The van der Waals surface area contributed by atoms with Crippen molar-refractivity contribution < 1.29 is 17.9 Å². The van der Waals surface area contributed by atoms with Gasteiger partial charge in [0.2, 0.25) is 15.0 Å². The molecule has 22 heavy (non-hydrogen) atoms. The van der Waals surface area contributed by atoms with Crippen LogP contribution in [0.15, 0.2) is 29.6 Å². The Morgan fingerprint density at radius 3 is 2.32 bits per heavy atom. The summed E-state index contributed by atoms with van der Waals surface area (Å²) in [5, 5.41) is -0.564. The molecule has 0 radical (unpaired) electrons. The van der Waals surface area contributed by atoms with Crippen LogP contribution in [0.4, 0.5) is 0 Å². The highest BCUT2D eigenvalue weighted by molar-refractivity contribution is 7.90. The molecule has 0 atom stereocenters. The topological polar surface area (TPSA) is 86.2 Å². The van der Waals surface area contributed by atoms with Gasteiger partial charge >= 0.3 is 5.97 Å². The summed E-state index contributed by atoms with van der Waals surface area (Å²) >= 11 is 5.85. The van der Waals surface area contributed by atoms with Gasteiger partial charge in [-0.05, 0) is 37.1 Å². The molecule has 6 nitrogen and oxygen atoms in total. The van der Waals surface area contributed by atoms with Crippen molar-refractivity contribution in [1.29, 1.82) is 0 Å². The van der Waals surface area contributed by atoms with Crippen molar-refractivity contribution in [2.45, 2.75) is 19.0 Å². The minimum absolute atomic E-state index is 0.0817. The van der Waals surface area contributed by atoms with Crippen LogP contribution in [-0.2, 0) is 9.84 Å². The van der Waals surface area contributed by atoms with E-state index in [1.165, 1.54) is 0 Å². The van der Waals surface area contributed by atoms with Crippen molar-refractivity contribution in [1.82, 2.24) is 9.97 Å². The summed E-state index contributed by atoms with van der Waals surface area (Å²) in [6.45, 7) is 3.73. The van der Waals surface area contributed by atoms with Crippen molar-refractivity contribution in [3.05, 3.63) is 46.2 Å². The lowest BCUT2D eigenvalue weighted by Gasteiger charge is -2.07. The van der Waals surface area contributed by atoms with Gasteiger partial charge in [0.25, 0.3) is 0 Å². The van der Waals surface area contributed by atoms with Gasteiger partial charge in [-0.2, -0.15) is 0 Å². The van der Waals surface area contributed by atoms with E-state index in [9.17, 15) is 13.2 Å². The van der Waals surface area contributed by atoms with Crippen LogP contribution in [0, 0.1) is 13.8 Å². The van der Waals surface area contributed by atoms with Gasteiger partial charge in [-0.3, -0.25) is 0 Å². The molecular formula is C14H13ClN2O4S. The first kappa shape index (κ1) is 16.4. The maximum absolute atomic E-state index is 12.1. The Hall–Kier alpha value is -1.99. The summed E-state index contributed by atoms with van der Waals surface area (Å²) in [4.78, 5) is 19.4. The van der Waals surface area contributed by atoms with Gasteiger partial charge in [0.1, 0.15) is 5.75 Å². The second-order valence-corrected chi connectivity index (χ2v) is 7.15. The van der Waals surface area contributed by atoms with Gasteiger partial charge in [-0.1, -0.05) is 17.7 Å². The van der Waals surface area contributed by atoms with Crippen LogP contribution in [-0.4, -0.2) is 30.6 Å². The van der Waals surface area contributed by atoms with E-state index >= 15 is 0 Å². The second-order valence-electron chi connectivity index (χ2n) is 4.83. The van der Waals surface area contributed by atoms with E-state index in [0.717, 1.165) is 23.6 Å². The van der Waals surface area contributed by atoms with Crippen LogP contribution in [0.2, 0.25) is 5.02 Å². The molecule has 0 aliphatic heterocycles. The fraction of sp³-hybridized carbons (Fsp3) is 0.214. The molecule has 0 saturated heterocycles. The predicted octanol–water partition coefficient (Wildman–Crippen LogP) is 2.37. The van der Waals surface area contributed by atoms with Crippen molar-refractivity contribution in [3.63, 3.8) is 0 Å². The molecule has 0 saturated carbocycles. The van der Waals surface area contributed by atoms with Crippen LogP contribution in [0.25, 0.3) is 0 Å². The number of ether oxygens (including phenoxy) is 1. The number of benzene rings is 1. The van der Waals surface area contributed by atoms with Crippen molar-refractivity contribution in [2.24, 2.45) is 0 Å². The minimum atomic E-state index is -3.65. The third-order valence-electron chi connectivity index (χ3n) is 2.65. The number of nitrogens with zero attached hydrogens (tertiary/aromatic N) is 2. The van der Waals surface area contributed by atoms with Gasteiger partial charge in [0.15, 0.2) is 5.69 Å². The first-order valence-electron chi connectivity index (χ1n) is 6.20. The third-order valence-corrected chi connectivity index (χ3v) is 3.79. The number of carbonyl (C=O) groups excluding carboxylic acids is 1. The van der Waals surface area contributed by atoms with Crippen LogP contribution in [0.3, 0.4) is 0 Å². The first-order valence-corrected chi connectivity index (χ1v) is 8.47. The van der Waals surface area contributed by atoms with Crippen molar-refractivity contribution >= 4 is 27.4 Å². The number of hydrogen-bond acceptors (Lipinski definition) is 6. The summed E-state index contributed by atoms with van der Waals surface area (Å²) in [5.74, 6) is -0.514. The molecule has 1 heterocycles. The zero-order valence-electron chi connectivity index (χ0n) is 12.1. The van der Waals surface area contributed by atoms with Crippen LogP contribution >= 0.6 is 11.6 Å². The zero-order valence-corrected chi connectivity index (χ0v) is 13.7. The highest BCUT2D eigenvalue weighted by atomic mass is 35.5. The van der Waals surface area contributed by atoms with Gasteiger partial charge < -0.3 is 4.74 Å². The number of hydrogen-bond donors (Lipinski definition) is 0. The van der Waals surface area contributed by atoms with Gasteiger partial charge in [0.05, 0.1) is 11.2 Å². The molecule has 0 unspecified atom stereocenters. The fourth-order valence-electron chi connectivity index (χ4n) is 1.82. The lowest BCUT2D eigenvalue weighted by Crippen LogP contribution is -2.15. The number of esters is 1. The molecule has 0 amide bonds. The Kier molecular flexibility index (Phi) is 4.48. The Morgan fingerprint density at radius 1 is 1.18 bits per heavy atom. The maximum Gasteiger partial charge on any atom is 0.364 e. The Morgan fingerprint density at radius 2 is 1.77 bits per heavy atom. The summed E-state index contributed by atoms with van der Waals surface area (Å²) < 4.78 is 28.1. The minimum Gasteiger partial charge on any atom is -0.422 e. The highest BCUT2D eigenvalue weighted by Crippen LogP contribution is 2.20. The average Bonchev–Trinajstić information content (AvgIpc) is 2.36. The van der Waals surface area contributed by atoms with Gasteiger partial charge in [-0.25, -0.2) is 23.2 Å². The van der Waals surface area contributed by atoms with Crippen LogP contribution < -0.4 is 4.74 Å². The van der Waals surface area contributed by atoms with E-state index in [0.29, 0.717) is 5.75 Å². The van der Waals surface area contributed by atoms with E-state index in [4.69, 9.17) is 16.3 Å². The lowest BCUT2D eigenvalue weighted by atomic mass is 10.1. The molecule has 2 rings (SSSR count). The molecule has 2 aromatic rings. The summed E-state index contributed by atoms with van der Waals surface area (Å²) in [6, 6.07) is 5.28. The fourth-order valence-corrected chi connectivity index (χ4v) is 2.49. The monoisotopic (exact) mass is 340 g/mol. The maximum atomic E-state index is 12.1. The molecule has 116 valence electrons. The molecule has 0 bridgehead atoms. The second kappa shape index (κ2) is 6.02. The number of rotatable bonds is 3. The Labute approximate surface area is 133 Å². The standard InChI is InChI=1S/C14H13ClN2O4S/c1-8-4-9(2)6-10(5-8)21-13(18)12-11(15)7-16-14(17-12)22(3,19)20/h4-7H,1-3H3. The SMILES string of the molecule is Cc1cc(C)cc(OC(=O)c2nc(S(C)(=O)=O)ncc2Cl)c1. The largest absolute Gasteiger partial charge is 0.422 e. The van der Waals surface area contributed by atoms with Gasteiger partial charge in [-0.15, -0.1) is 0 Å². The van der Waals surface area contributed by atoms with Crippen LogP contribution in [0.5, 0.6) is 5.75 Å². The quantitative estimate of drug-likeness (QED) is 0.484. The van der Waals surface area contributed by atoms with Gasteiger partial charge in [0, 0.05) is 6.26 Å². The molecule has 0 aliphatic carbocycles. The first-order chi connectivity index (χ1) is 10.2. The molecule has 8 heteroatoms. The average molecular weight is 341 g/mol. The van der Waals surface area contributed by atoms with E-state index in [-0.39, 0.29) is 10.7 Å². The number of sulfone groups is 1. The third kappa shape index (κ3) is 3.80. The molecule has 0 aliphatic rings. The molecule has 1 aromatic heterocycles. The molecule has 1 aromatic carbocycles. The van der Waals surface area contributed by atoms with Crippen LogP contribution in [0.1, 0.15) is 21.6 Å². The van der Waals surface area contributed by atoms with E-state index in [1.54, 1.807) is 12.1 Å². The summed E-state index contributed by atoms with van der Waals surface area (Å²) in [6.07, 6.45) is 2.00. The summed E-state index contributed by atoms with van der Waals surface area (Å²) in [5.41, 5.74) is 1.55. The van der Waals surface area contributed by atoms with Crippen molar-refractivity contribution in [2.75, 3.05) is 6.26 Å². The Bertz CT molecular complexity index is 830. The van der Waals surface area contributed by atoms with Crippen molar-refractivity contribution in [3.8, 4) is 5.75 Å². The number of aromatic nitrogens is 2. The molecular weight excluding hydrogens is 328 g/mol. The van der Waals surface area contributed by atoms with E-state index in [1.807, 2.05) is 19.9 Å². The van der Waals surface area contributed by atoms with E-state index < -0.39 is 21.0 Å². The smallest absolute Gasteiger partial charge is 0.364 e. The Balaban J connectivity index is 2.37. The molecule has 0 spiro atoms. The van der Waals surface area contributed by atoms with E-state index in [2.05, 4.69) is 9.97 Å². The predicted molar refractivity (Wildman–Crippen MR) is 81.0 cm³/mol. The lowest BCUT2D eigenvalue weighted by molar-refractivity contribution is 0.0727. The highest BCUT2D eigenvalue weighted by Gasteiger charge is 2.20. The molecule has 0 N–H and O–H groups in total. The number of carbonyl (C=O) groups is 1. The number of halogens is 1.